The van der Waals surface area contributed by atoms with Crippen LogP contribution < -0.4 is 9.47 Å². The molecule has 0 bridgehead atoms. The fourth-order valence-electron chi connectivity index (χ4n) is 1.92. The van der Waals surface area contributed by atoms with Crippen molar-refractivity contribution in [3.8, 4) is 28.4 Å². The van der Waals surface area contributed by atoms with Gasteiger partial charge in [-0.1, -0.05) is 6.07 Å². The maximum atomic E-state index is 12.6. The lowest BCUT2D eigenvalue weighted by molar-refractivity contribution is -0.137. The average molecular weight is 298 g/mol. The summed E-state index contributed by atoms with van der Waals surface area (Å²) in [6.45, 7) is 0. The number of hydrogen-bond acceptors (Lipinski definition) is 3. The van der Waals surface area contributed by atoms with Crippen LogP contribution in [0.15, 0.2) is 36.4 Å². The Bertz CT molecular complexity index is 629. The van der Waals surface area contributed by atoms with E-state index in [0.29, 0.717) is 23.1 Å². The summed E-state index contributed by atoms with van der Waals surface area (Å²) in [5.74, 6) is 0.493. The molecular weight excluding hydrogens is 285 g/mol. The fraction of sp³-hybridized carbons (Fsp3) is 0.200. The van der Waals surface area contributed by atoms with Gasteiger partial charge >= 0.3 is 6.18 Å². The van der Waals surface area contributed by atoms with Crippen LogP contribution in [-0.4, -0.2) is 19.3 Å². The number of methoxy groups -OCH3 is 2. The van der Waals surface area contributed by atoms with Crippen molar-refractivity contribution >= 4 is 0 Å². The van der Waals surface area contributed by atoms with Crippen LogP contribution >= 0.6 is 0 Å². The van der Waals surface area contributed by atoms with Gasteiger partial charge in [-0.05, 0) is 29.8 Å². The molecule has 0 aromatic heterocycles. The number of alkyl halides is 3. The number of phenolic OH excluding ortho intramolecular Hbond substituents is 1. The minimum Gasteiger partial charge on any atom is -0.507 e. The van der Waals surface area contributed by atoms with Crippen molar-refractivity contribution in [3.63, 3.8) is 0 Å². The zero-order chi connectivity index (χ0) is 15.6. The molecule has 0 amide bonds. The molecule has 0 heterocycles. The molecule has 2 aromatic carbocycles. The quantitative estimate of drug-likeness (QED) is 0.927. The average Bonchev–Trinajstić information content (AvgIpc) is 2.45. The van der Waals surface area contributed by atoms with Gasteiger partial charge in [0.2, 0.25) is 0 Å². The zero-order valence-electron chi connectivity index (χ0n) is 11.4. The maximum Gasteiger partial charge on any atom is 0.416 e. The normalized spacial score (nSPS) is 11.3. The molecule has 0 unspecified atom stereocenters. The summed E-state index contributed by atoms with van der Waals surface area (Å²) in [5, 5.41) is 9.85. The van der Waals surface area contributed by atoms with Crippen molar-refractivity contribution in [2.45, 2.75) is 6.18 Å². The van der Waals surface area contributed by atoms with Gasteiger partial charge in [0.05, 0.1) is 19.8 Å². The molecule has 21 heavy (non-hydrogen) atoms. The van der Waals surface area contributed by atoms with Gasteiger partial charge in [0, 0.05) is 11.6 Å². The van der Waals surface area contributed by atoms with Crippen molar-refractivity contribution in [1.82, 2.24) is 0 Å². The van der Waals surface area contributed by atoms with Crippen molar-refractivity contribution in [3.05, 3.63) is 42.0 Å². The molecule has 0 saturated heterocycles. The van der Waals surface area contributed by atoms with E-state index in [4.69, 9.17) is 9.47 Å². The predicted octanol–water partition coefficient (Wildman–Crippen LogP) is 4.10. The van der Waals surface area contributed by atoms with E-state index in [9.17, 15) is 18.3 Å². The summed E-state index contributed by atoms with van der Waals surface area (Å²) in [6, 6.07) is 7.66. The van der Waals surface area contributed by atoms with Gasteiger partial charge in [-0.25, -0.2) is 0 Å². The van der Waals surface area contributed by atoms with Gasteiger partial charge in [0.15, 0.2) is 0 Å². The van der Waals surface area contributed by atoms with Crippen LogP contribution in [0.25, 0.3) is 11.1 Å². The van der Waals surface area contributed by atoms with Crippen LogP contribution in [0.3, 0.4) is 0 Å². The highest BCUT2D eigenvalue weighted by molar-refractivity contribution is 5.73. The largest absolute Gasteiger partial charge is 0.507 e. The van der Waals surface area contributed by atoms with Crippen LogP contribution in [0.5, 0.6) is 17.2 Å². The number of phenols is 1. The van der Waals surface area contributed by atoms with Crippen LogP contribution in [0.4, 0.5) is 13.2 Å². The summed E-state index contributed by atoms with van der Waals surface area (Å²) >= 11 is 0. The molecule has 1 N–H and O–H groups in total. The van der Waals surface area contributed by atoms with Gasteiger partial charge in [-0.3, -0.25) is 0 Å². The molecule has 0 aliphatic carbocycles. The van der Waals surface area contributed by atoms with Gasteiger partial charge in [0.25, 0.3) is 0 Å². The number of aromatic hydroxyl groups is 1. The summed E-state index contributed by atoms with van der Waals surface area (Å²) < 4.78 is 48.0. The molecule has 0 atom stereocenters. The van der Waals surface area contributed by atoms with Crippen LogP contribution in [-0.2, 0) is 6.18 Å². The summed E-state index contributed by atoms with van der Waals surface area (Å²) in [5.41, 5.74) is -0.142. The molecule has 0 saturated carbocycles. The van der Waals surface area contributed by atoms with E-state index in [1.807, 2.05) is 0 Å². The molecule has 0 aliphatic rings. The first-order valence-electron chi connectivity index (χ1n) is 5.99. The number of halogens is 3. The number of hydrogen-bond donors (Lipinski definition) is 1. The van der Waals surface area contributed by atoms with Gasteiger partial charge in [-0.2, -0.15) is 13.2 Å². The number of benzene rings is 2. The molecule has 6 heteroatoms. The topological polar surface area (TPSA) is 38.7 Å². The van der Waals surface area contributed by atoms with Crippen molar-refractivity contribution in [2.24, 2.45) is 0 Å². The first kappa shape index (κ1) is 15.0. The Morgan fingerprint density at radius 3 is 1.90 bits per heavy atom. The lowest BCUT2D eigenvalue weighted by Gasteiger charge is -2.12. The Morgan fingerprint density at radius 1 is 0.905 bits per heavy atom. The standard InChI is InChI=1S/C15H13F3O3/c1-20-11-5-9(6-12(8-11)21-2)13-4-3-10(7-14(13)19)15(16,17)18/h3-8,19H,1-2H3. The highest BCUT2D eigenvalue weighted by atomic mass is 19.4. The Morgan fingerprint density at radius 2 is 1.48 bits per heavy atom. The van der Waals surface area contributed by atoms with Gasteiger partial charge in [-0.15, -0.1) is 0 Å². The molecular formula is C15H13F3O3. The number of rotatable bonds is 3. The monoisotopic (exact) mass is 298 g/mol. The van der Waals surface area contributed by atoms with E-state index in [0.717, 1.165) is 6.07 Å². The lowest BCUT2D eigenvalue weighted by atomic mass is 10.0. The minimum absolute atomic E-state index is 0.264. The fourth-order valence-corrected chi connectivity index (χ4v) is 1.92. The summed E-state index contributed by atoms with van der Waals surface area (Å²) in [4.78, 5) is 0. The maximum absolute atomic E-state index is 12.6. The van der Waals surface area contributed by atoms with E-state index in [-0.39, 0.29) is 5.56 Å². The molecule has 3 nitrogen and oxygen atoms in total. The zero-order valence-corrected chi connectivity index (χ0v) is 11.4. The van der Waals surface area contributed by atoms with Crippen molar-refractivity contribution in [2.75, 3.05) is 14.2 Å². The Labute approximate surface area is 119 Å². The molecule has 2 rings (SSSR count). The first-order valence-corrected chi connectivity index (χ1v) is 5.99. The van der Waals surface area contributed by atoms with Crippen molar-refractivity contribution < 1.29 is 27.8 Å². The number of ether oxygens (including phenoxy) is 2. The predicted molar refractivity (Wildman–Crippen MR) is 71.6 cm³/mol. The first-order chi connectivity index (χ1) is 9.85. The van der Waals surface area contributed by atoms with E-state index < -0.39 is 17.5 Å². The van der Waals surface area contributed by atoms with Crippen LogP contribution in [0.2, 0.25) is 0 Å². The van der Waals surface area contributed by atoms with Gasteiger partial charge in [0.1, 0.15) is 17.2 Å². The molecule has 0 fully saturated rings. The summed E-state index contributed by atoms with van der Waals surface area (Å²) in [6.07, 6.45) is -4.50. The Balaban J connectivity index is 2.52. The van der Waals surface area contributed by atoms with E-state index in [1.165, 1.54) is 20.3 Å². The van der Waals surface area contributed by atoms with Gasteiger partial charge < -0.3 is 14.6 Å². The third-order valence-corrected chi connectivity index (χ3v) is 2.99. The lowest BCUT2D eigenvalue weighted by Crippen LogP contribution is -2.04. The van der Waals surface area contributed by atoms with E-state index in [2.05, 4.69) is 0 Å². The molecule has 2 aromatic rings. The molecule has 112 valence electrons. The molecule has 0 aliphatic heterocycles. The second kappa shape index (κ2) is 5.55. The Hall–Kier alpha value is -2.37. The third-order valence-electron chi connectivity index (χ3n) is 2.99. The van der Waals surface area contributed by atoms with E-state index in [1.54, 1.807) is 18.2 Å². The van der Waals surface area contributed by atoms with Crippen molar-refractivity contribution in [1.29, 1.82) is 0 Å². The second-order valence-electron chi connectivity index (χ2n) is 4.33. The second-order valence-corrected chi connectivity index (χ2v) is 4.33. The highest BCUT2D eigenvalue weighted by Gasteiger charge is 2.31. The Kier molecular flexibility index (Phi) is 3.97. The van der Waals surface area contributed by atoms with Crippen LogP contribution in [0, 0.1) is 0 Å². The highest BCUT2D eigenvalue weighted by Crippen LogP contribution is 2.38. The van der Waals surface area contributed by atoms with Crippen LogP contribution in [0.1, 0.15) is 5.56 Å². The summed E-state index contributed by atoms with van der Waals surface area (Å²) in [7, 11) is 2.93. The minimum atomic E-state index is -4.50. The van der Waals surface area contributed by atoms with E-state index >= 15 is 0 Å². The molecule has 0 radical (unpaired) electrons. The molecule has 0 spiro atoms. The third kappa shape index (κ3) is 3.21. The SMILES string of the molecule is COc1cc(OC)cc(-c2ccc(C(F)(F)F)cc2O)c1. The smallest absolute Gasteiger partial charge is 0.416 e.